The Morgan fingerprint density at radius 3 is 2.05 bits per heavy atom. The SMILES string of the molecule is CN(C)C(C1=[C]([V])CC=C1)c1ccccc1.Cl.Cl.Cl. The summed E-state index contributed by atoms with van der Waals surface area (Å²) in [5, 5.41) is 0. The van der Waals surface area contributed by atoms with Crippen molar-refractivity contribution in [3.63, 3.8) is 0 Å². The van der Waals surface area contributed by atoms with E-state index in [9.17, 15) is 0 Å². The average Bonchev–Trinajstić information content (AvgIpc) is 2.66. The molecule has 1 atom stereocenters. The summed E-state index contributed by atoms with van der Waals surface area (Å²) in [4.78, 5) is 2.27. The first kappa shape index (κ1) is 21.4. The number of halogens is 3. The molecule has 0 amide bonds. The van der Waals surface area contributed by atoms with Crippen LogP contribution in [0, 0.1) is 0 Å². The third kappa shape index (κ3) is 5.19. The normalized spacial score (nSPS) is 14.5. The summed E-state index contributed by atoms with van der Waals surface area (Å²) in [6, 6.07) is 11.1. The minimum absolute atomic E-state index is 0. The number of allylic oxidation sites excluding steroid dienone is 2. The fourth-order valence-electron chi connectivity index (χ4n) is 2.15. The molecule has 0 spiro atoms. The van der Waals surface area contributed by atoms with E-state index < -0.39 is 0 Å². The minimum Gasteiger partial charge on any atom is -0.147 e. The molecule has 19 heavy (non-hydrogen) atoms. The van der Waals surface area contributed by atoms with Crippen LogP contribution in [-0.4, -0.2) is 19.0 Å². The van der Waals surface area contributed by atoms with Crippen LogP contribution in [-0.2, 0) is 17.4 Å². The minimum atomic E-state index is 0. The molecule has 0 bridgehead atoms. The van der Waals surface area contributed by atoms with Gasteiger partial charge in [0.2, 0.25) is 0 Å². The van der Waals surface area contributed by atoms with Crippen LogP contribution in [0.1, 0.15) is 18.0 Å². The van der Waals surface area contributed by atoms with Crippen molar-refractivity contribution in [2.24, 2.45) is 0 Å². The molecule has 0 saturated heterocycles. The zero-order valence-corrected chi connectivity index (χ0v) is 14.8. The van der Waals surface area contributed by atoms with E-state index in [-0.39, 0.29) is 37.2 Å². The van der Waals surface area contributed by atoms with Gasteiger partial charge in [-0.25, -0.2) is 0 Å². The third-order valence-electron chi connectivity index (χ3n) is 2.87. The molecular formula is C14H19Cl3NV. The van der Waals surface area contributed by atoms with Gasteiger partial charge < -0.3 is 0 Å². The van der Waals surface area contributed by atoms with Crippen LogP contribution in [0.2, 0.25) is 0 Å². The number of benzene rings is 1. The Kier molecular flexibility index (Phi) is 11.2. The van der Waals surface area contributed by atoms with E-state index in [1.807, 2.05) is 0 Å². The Morgan fingerprint density at radius 2 is 1.63 bits per heavy atom. The predicted octanol–water partition coefficient (Wildman–Crippen LogP) is 4.32. The summed E-state index contributed by atoms with van der Waals surface area (Å²) in [5.41, 5.74) is 2.79. The molecule has 1 unspecified atom stereocenters. The molecule has 1 aromatic carbocycles. The van der Waals surface area contributed by atoms with E-state index in [0.29, 0.717) is 6.04 Å². The fraction of sp³-hybridized carbons (Fsp3) is 0.286. The second-order valence-electron chi connectivity index (χ2n) is 4.29. The van der Waals surface area contributed by atoms with E-state index in [2.05, 4.69) is 78.9 Å². The molecule has 0 saturated carbocycles. The molecule has 0 radical (unpaired) electrons. The van der Waals surface area contributed by atoms with Crippen molar-refractivity contribution in [3.8, 4) is 0 Å². The molecule has 106 valence electrons. The molecule has 1 aliphatic rings. The van der Waals surface area contributed by atoms with Crippen LogP contribution < -0.4 is 0 Å². The maximum Gasteiger partial charge on any atom is -0.147 e. The first-order valence-corrected chi connectivity index (χ1v) is 6.20. The molecule has 5 heteroatoms. The van der Waals surface area contributed by atoms with Gasteiger partial charge in [0.15, 0.2) is 0 Å². The van der Waals surface area contributed by atoms with Crippen molar-refractivity contribution < 1.29 is 17.4 Å². The summed E-state index contributed by atoms with van der Waals surface area (Å²) in [6.07, 6.45) is 5.57. The first-order chi connectivity index (χ1) is 7.70. The van der Waals surface area contributed by atoms with Gasteiger partial charge in [0.25, 0.3) is 0 Å². The molecule has 1 nitrogen and oxygen atoms in total. The molecule has 0 aliphatic heterocycles. The quantitative estimate of drug-likeness (QED) is 0.778. The standard InChI is InChI=1S/C14H16N.3ClH.V/c1-15(2)14(13-10-6-7-11-13)12-8-4-3-5-9-12;;;;/h3-6,8-10,14H,7H2,1-2H3;3*1H;. The third-order valence-corrected chi connectivity index (χ3v) is 3.56. The van der Waals surface area contributed by atoms with Crippen LogP contribution in [0.25, 0.3) is 0 Å². The van der Waals surface area contributed by atoms with Crippen molar-refractivity contribution >= 4 is 37.2 Å². The second-order valence-corrected chi connectivity index (χ2v) is 5.13. The number of rotatable bonds is 3. The Labute approximate surface area is 143 Å². The van der Waals surface area contributed by atoms with Crippen molar-refractivity contribution in [1.29, 1.82) is 0 Å². The smallest absolute Gasteiger partial charge is 0.147 e. The average molecular weight is 359 g/mol. The summed E-state index contributed by atoms with van der Waals surface area (Å²) in [5.74, 6) is 0. The molecule has 2 rings (SSSR count). The molecule has 1 aliphatic carbocycles. The van der Waals surface area contributed by atoms with Gasteiger partial charge in [0, 0.05) is 0 Å². The number of hydrogen-bond donors (Lipinski definition) is 0. The Bertz CT molecular complexity index is 430. The maximum atomic E-state index is 2.71. The van der Waals surface area contributed by atoms with E-state index in [0.717, 1.165) is 6.42 Å². The van der Waals surface area contributed by atoms with E-state index in [4.69, 9.17) is 0 Å². The van der Waals surface area contributed by atoms with Crippen molar-refractivity contribution in [2.75, 3.05) is 14.1 Å². The van der Waals surface area contributed by atoms with Gasteiger partial charge in [-0.2, -0.15) is 0 Å². The maximum absolute atomic E-state index is 2.71. The van der Waals surface area contributed by atoms with Crippen LogP contribution in [0.4, 0.5) is 0 Å². The number of likely N-dealkylation sites (N-methyl/N-ethyl adjacent to an activating group) is 1. The van der Waals surface area contributed by atoms with E-state index in [1.165, 1.54) is 15.4 Å². The van der Waals surface area contributed by atoms with Gasteiger partial charge in [-0.1, -0.05) is 0 Å². The predicted molar refractivity (Wildman–Crippen MR) is 85.4 cm³/mol. The first-order valence-electron chi connectivity index (χ1n) is 5.50. The summed E-state index contributed by atoms with van der Waals surface area (Å²) >= 11 is 2.71. The van der Waals surface area contributed by atoms with Gasteiger partial charge in [-0.15, -0.1) is 37.2 Å². The van der Waals surface area contributed by atoms with Crippen LogP contribution in [0.3, 0.4) is 0 Å². The monoisotopic (exact) mass is 357 g/mol. The molecule has 1 aromatic rings. The summed E-state index contributed by atoms with van der Waals surface area (Å²) in [7, 11) is 4.27. The molecule has 0 heterocycles. The van der Waals surface area contributed by atoms with Crippen LogP contribution >= 0.6 is 37.2 Å². The number of nitrogens with zero attached hydrogens (tertiary/aromatic N) is 1. The summed E-state index contributed by atoms with van der Waals surface area (Å²) in [6.45, 7) is 0. The zero-order valence-electron chi connectivity index (χ0n) is 10.9. The van der Waals surface area contributed by atoms with Gasteiger partial charge in [0.1, 0.15) is 0 Å². The molecular weight excluding hydrogens is 339 g/mol. The zero-order chi connectivity index (χ0) is 11.5. The molecule has 0 N–H and O–H groups in total. The van der Waals surface area contributed by atoms with Gasteiger partial charge in [0.05, 0.1) is 0 Å². The van der Waals surface area contributed by atoms with Crippen LogP contribution in [0.15, 0.2) is 52.3 Å². The van der Waals surface area contributed by atoms with Crippen molar-refractivity contribution in [1.82, 2.24) is 4.90 Å². The van der Waals surface area contributed by atoms with Gasteiger partial charge in [-0.3, -0.25) is 0 Å². The van der Waals surface area contributed by atoms with Crippen LogP contribution in [0.5, 0.6) is 0 Å². The Hall–Kier alpha value is 0.114. The van der Waals surface area contributed by atoms with Crippen molar-refractivity contribution in [2.45, 2.75) is 12.5 Å². The Morgan fingerprint density at radius 1 is 1.05 bits per heavy atom. The largest absolute Gasteiger partial charge is 0.147 e. The topological polar surface area (TPSA) is 3.24 Å². The van der Waals surface area contributed by atoms with Gasteiger partial charge >= 0.3 is 107 Å². The van der Waals surface area contributed by atoms with E-state index >= 15 is 0 Å². The van der Waals surface area contributed by atoms with Gasteiger partial charge in [-0.05, 0) is 0 Å². The molecule has 0 fully saturated rings. The number of hydrogen-bond acceptors (Lipinski definition) is 1. The Balaban J connectivity index is 0. The van der Waals surface area contributed by atoms with E-state index in [1.54, 1.807) is 0 Å². The fourth-order valence-corrected chi connectivity index (χ4v) is 2.62. The summed E-state index contributed by atoms with van der Waals surface area (Å²) < 4.78 is 1.43. The molecule has 0 aromatic heterocycles. The second kappa shape index (κ2) is 9.93. The van der Waals surface area contributed by atoms with Crippen molar-refractivity contribution in [3.05, 3.63) is 57.9 Å².